The number of aromatic nitrogens is 1. The normalized spacial score (nSPS) is 18.0. The van der Waals surface area contributed by atoms with Crippen molar-refractivity contribution in [1.29, 1.82) is 0 Å². The Bertz CT molecular complexity index is 1270. The zero-order valence-corrected chi connectivity index (χ0v) is 22.1. The van der Waals surface area contributed by atoms with Crippen molar-refractivity contribution in [3.63, 3.8) is 0 Å². The Balaban J connectivity index is 1.45. The average molecular weight is 548 g/mol. The van der Waals surface area contributed by atoms with Gasteiger partial charge in [-0.2, -0.15) is 0 Å². The lowest BCUT2D eigenvalue weighted by Gasteiger charge is -2.38. The number of amides is 1. The molecule has 12 heteroatoms. The first kappa shape index (κ1) is 28.4. The molecule has 0 aliphatic carbocycles. The number of benzene rings is 1. The maximum absolute atomic E-state index is 14.5. The van der Waals surface area contributed by atoms with Crippen LogP contribution in [0.4, 0.5) is 23.8 Å². The third-order valence-electron chi connectivity index (χ3n) is 7.06. The van der Waals surface area contributed by atoms with Crippen molar-refractivity contribution in [3.05, 3.63) is 70.8 Å². The molecule has 0 atom stereocenters. The minimum absolute atomic E-state index is 0.0176. The van der Waals surface area contributed by atoms with Gasteiger partial charge < -0.3 is 14.9 Å². The molecule has 2 fully saturated rings. The summed E-state index contributed by atoms with van der Waals surface area (Å²) >= 11 is 0. The Labute approximate surface area is 224 Å². The SMILES string of the molecule is CC(C)(C)N(N)C=C(Cc1ccc(F)c(F)c1F)CN1CCC2(CC1)CN(c1ccc(C(=O)O)cn1)C(=O)O2. The Morgan fingerprint density at radius 1 is 1.18 bits per heavy atom. The molecule has 0 unspecified atom stereocenters. The van der Waals surface area contributed by atoms with Crippen molar-refractivity contribution < 1.29 is 32.6 Å². The van der Waals surface area contributed by atoms with Crippen molar-refractivity contribution in [3.8, 4) is 0 Å². The predicted molar refractivity (Wildman–Crippen MR) is 137 cm³/mol. The van der Waals surface area contributed by atoms with Crippen LogP contribution in [-0.2, 0) is 11.2 Å². The van der Waals surface area contributed by atoms with Gasteiger partial charge in [-0.3, -0.25) is 9.80 Å². The van der Waals surface area contributed by atoms with Gasteiger partial charge in [0.15, 0.2) is 17.5 Å². The van der Waals surface area contributed by atoms with Gasteiger partial charge in [0.2, 0.25) is 0 Å². The fourth-order valence-corrected chi connectivity index (χ4v) is 4.62. The zero-order valence-electron chi connectivity index (χ0n) is 22.1. The molecule has 2 aliphatic rings. The molecule has 1 aromatic carbocycles. The number of carbonyl (C=O) groups is 2. The Hall–Kier alpha value is -3.64. The molecule has 3 heterocycles. The molecule has 39 heavy (non-hydrogen) atoms. The number of carboxylic acid groups (broad SMARTS) is 1. The number of carboxylic acids is 1. The maximum atomic E-state index is 14.5. The van der Waals surface area contributed by atoms with E-state index in [0.717, 1.165) is 6.07 Å². The maximum Gasteiger partial charge on any atom is 0.416 e. The second-order valence-corrected chi connectivity index (χ2v) is 11.0. The first-order valence-corrected chi connectivity index (χ1v) is 12.6. The number of hydrogen-bond donors (Lipinski definition) is 2. The number of pyridine rings is 1. The largest absolute Gasteiger partial charge is 0.478 e. The number of likely N-dealkylation sites (tertiary alicyclic amines) is 1. The number of rotatable bonds is 7. The average Bonchev–Trinajstić information content (AvgIpc) is 3.20. The Kier molecular flexibility index (Phi) is 7.89. The summed E-state index contributed by atoms with van der Waals surface area (Å²) in [6, 6.07) is 4.99. The van der Waals surface area contributed by atoms with E-state index in [1.165, 1.54) is 34.3 Å². The van der Waals surface area contributed by atoms with Gasteiger partial charge in [-0.25, -0.2) is 33.6 Å². The van der Waals surface area contributed by atoms with Gasteiger partial charge >= 0.3 is 12.1 Å². The van der Waals surface area contributed by atoms with Crippen LogP contribution in [0.1, 0.15) is 49.5 Å². The third kappa shape index (κ3) is 6.34. The van der Waals surface area contributed by atoms with E-state index in [0.29, 0.717) is 43.9 Å². The number of hydrazine groups is 1. The van der Waals surface area contributed by atoms with E-state index >= 15 is 0 Å². The molecule has 3 N–H and O–H groups in total. The van der Waals surface area contributed by atoms with Gasteiger partial charge in [-0.1, -0.05) is 6.07 Å². The lowest BCUT2D eigenvalue weighted by atomic mass is 9.90. The van der Waals surface area contributed by atoms with Crippen LogP contribution in [0.2, 0.25) is 0 Å². The van der Waals surface area contributed by atoms with Crippen molar-refractivity contribution in [2.75, 3.05) is 31.1 Å². The fourth-order valence-electron chi connectivity index (χ4n) is 4.62. The van der Waals surface area contributed by atoms with Crippen LogP contribution in [0.15, 0.2) is 42.2 Å². The minimum Gasteiger partial charge on any atom is -0.478 e. The lowest BCUT2D eigenvalue weighted by Crippen LogP contribution is -2.48. The summed E-state index contributed by atoms with van der Waals surface area (Å²) < 4.78 is 47.6. The van der Waals surface area contributed by atoms with Crippen molar-refractivity contribution in [2.45, 2.75) is 51.2 Å². The van der Waals surface area contributed by atoms with Crippen LogP contribution in [0.25, 0.3) is 0 Å². The summed E-state index contributed by atoms with van der Waals surface area (Å²) in [5, 5.41) is 10.6. The highest BCUT2D eigenvalue weighted by atomic mass is 19.2. The van der Waals surface area contributed by atoms with Crippen LogP contribution in [0.3, 0.4) is 0 Å². The van der Waals surface area contributed by atoms with Gasteiger partial charge in [0, 0.05) is 50.4 Å². The molecular weight excluding hydrogens is 515 g/mol. The summed E-state index contributed by atoms with van der Waals surface area (Å²) in [7, 11) is 0. The molecule has 1 aromatic heterocycles. The van der Waals surface area contributed by atoms with Crippen LogP contribution in [0.5, 0.6) is 0 Å². The third-order valence-corrected chi connectivity index (χ3v) is 7.06. The molecule has 0 radical (unpaired) electrons. The van der Waals surface area contributed by atoms with Gasteiger partial charge in [0.25, 0.3) is 0 Å². The fraction of sp³-hybridized carbons (Fsp3) is 0.444. The van der Waals surface area contributed by atoms with Crippen LogP contribution < -0.4 is 10.7 Å². The summed E-state index contributed by atoms with van der Waals surface area (Å²) in [6.07, 6.45) is 3.45. The number of aromatic carboxylic acids is 1. The second kappa shape index (κ2) is 10.9. The van der Waals surface area contributed by atoms with Crippen molar-refractivity contribution in [2.24, 2.45) is 5.84 Å². The van der Waals surface area contributed by atoms with E-state index in [2.05, 4.69) is 9.88 Å². The molecule has 2 aliphatic heterocycles. The number of carbonyl (C=O) groups excluding carboxylic acids is 1. The molecule has 210 valence electrons. The number of nitrogens with zero attached hydrogens (tertiary/aromatic N) is 4. The molecule has 2 saturated heterocycles. The van der Waals surface area contributed by atoms with E-state index in [1.807, 2.05) is 20.8 Å². The summed E-state index contributed by atoms with van der Waals surface area (Å²) in [4.78, 5) is 31.3. The zero-order chi connectivity index (χ0) is 28.5. The highest BCUT2D eigenvalue weighted by Crippen LogP contribution is 2.35. The van der Waals surface area contributed by atoms with Crippen LogP contribution in [-0.4, -0.2) is 69.4 Å². The van der Waals surface area contributed by atoms with Crippen LogP contribution in [0, 0.1) is 17.5 Å². The van der Waals surface area contributed by atoms with Crippen LogP contribution >= 0.6 is 0 Å². The topological polar surface area (TPSA) is 112 Å². The molecule has 0 saturated carbocycles. The van der Waals surface area contributed by atoms with E-state index in [-0.39, 0.29) is 24.1 Å². The van der Waals surface area contributed by atoms with Gasteiger partial charge in [-0.05, 0) is 56.5 Å². The van der Waals surface area contributed by atoms with Crippen molar-refractivity contribution in [1.82, 2.24) is 14.9 Å². The molecule has 2 aromatic rings. The van der Waals surface area contributed by atoms with Crippen molar-refractivity contribution >= 4 is 17.9 Å². The molecule has 9 nitrogen and oxygen atoms in total. The number of anilines is 1. The second-order valence-electron chi connectivity index (χ2n) is 11.0. The minimum atomic E-state index is -1.51. The van der Waals surface area contributed by atoms with Gasteiger partial charge in [0.05, 0.1) is 12.1 Å². The predicted octanol–water partition coefficient (Wildman–Crippen LogP) is 4.09. The standard InChI is InChI=1S/C27H32F3N5O4/c1-26(2,3)35(31)15-17(12-18-4-6-20(28)23(30)22(18)29)14-33-10-8-27(9-11-33)16-34(25(38)39-27)21-7-5-19(13-32-21)24(36)37/h4-7,13,15H,8-12,14,16,31H2,1-3H3,(H,36,37). The first-order valence-electron chi connectivity index (χ1n) is 12.6. The molecule has 1 amide bonds. The number of halogens is 3. The number of hydrogen-bond acceptors (Lipinski definition) is 7. The highest BCUT2D eigenvalue weighted by Gasteiger charge is 2.48. The van der Waals surface area contributed by atoms with Gasteiger partial charge in [-0.15, -0.1) is 0 Å². The van der Waals surface area contributed by atoms with E-state index in [1.54, 1.807) is 6.20 Å². The number of nitrogens with two attached hydrogens (primary N) is 1. The summed E-state index contributed by atoms with van der Waals surface area (Å²) in [6.45, 7) is 7.53. The monoisotopic (exact) mass is 547 g/mol. The Morgan fingerprint density at radius 3 is 2.46 bits per heavy atom. The van der Waals surface area contributed by atoms with Gasteiger partial charge in [0.1, 0.15) is 11.4 Å². The molecule has 4 rings (SSSR count). The summed E-state index contributed by atoms with van der Waals surface area (Å²) in [5.74, 6) is 1.45. The van der Waals surface area contributed by atoms with E-state index in [4.69, 9.17) is 15.7 Å². The lowest BCUT2D eigenvalue weighted by molar-refractivity contribution is 0.00281. The number of ether oxygens (including phenoxy) is 1. The quantitative estimate of drug-likeness (QED) is 0.303. The Morgan fingerprint density at radius 2 is 1.87 bits per heavy atom. The molecular formula is C27H32F3N5O4. The van der Waals surface area contributed by atoms with E-state index < -0.39 is 40.7 Å². The first-order chi connectivity index (χ1) is 18.3. The summed E-state index contributed by atoms with van der Waals surface area (Å²) in [5.41, 5.74) is -0.396. The molecule has 1 spiro atoms. The molecule has 0 bridgehead atoms. The highest BCUT2D eigenvalue weighted by molar-refractivity contribution is 5.91. The van der Waals surface area contributed by atoms with E-state index in [9.17, 15) is 22.8 Å². The number of piperidine rings is 1. The smallest absolute Gasteiger partial charge is 0.416 e.